The van der Waals surface area contributed by atoms with Crippen LogP contribution in [0.5, 0.6) is 0 Å². The van der Waals surface area contributed by atoms with E-state index in [1.54, 1.807) is 18.2 Å². The number of nitrogens with zero attached hydrogens (tertiary/aromatic N) is 2. The molecule has 0 unspecified atom stereocenters. The Hall–Kier alpha value is -3.02. The van der Waals surface area contributed by atoms with Gasteiger partial charge in [-0.2, -0.15) is 0 Å². The normalized spacial score (nSPS) is 14.0. The number of para-hydroxylation sites is 1. The van der Waals surface area contributed by atoms with Crippen LogP contribution in [0.2, 0.25) is 10.0 Å². The van der Waals surface area contributed by atoms with Crippen molar-refractivity contribution in [2.24, 2.45) is 0 Å². The number of nitrogens with one attached hydrogen (secondary N) is 1. The Morgan fingerprint density at radius 1 is 0.943 bits per heavy atom. The molecule has 1 aliphatic rings. The van der Waals surface area contributed by atoms with Crippen LogP contribution in [0.1, 0.15) is 46.0 Å². The standard InChI is InChI=1S/C28H29Cl2N3O2/c1-2-32(19-20-8-4-3-5-9-20)28(35)24-10-6-7-11-26(24)33-16-14-22(15-17-33)31-27(34)23-13-12-21(29)18-25(23)30/h3-13,18,22H,2,14-17,19H2,1H3,(H,31,34). The van der Waals surface area contributed by atoms with Gasteiger partial charge >= 0.3 is 0 Å². The highest BCUT2D eigenvalue weighted by Crippen LogP contribution is 2.27. The third-order valence-corrected chi connectivity index (χ3v) is 6.91. The first-order valence-electron chi connectivity index (χ1n) is 11.9. The van der Waals surface area contributed by atoms with E-state index in [4.69, 9.17) is 23.2 Å². The summed E-state index contributed by atoms with van der Waals surface area (Å²) in [6, 6.07) is 22.8. The van der Waals surface area contributed by atoms with Gasteiger partial charge in [0.05, 0.1) is 16.1 Å². The molecule has 3 aromatic carbocycles. The number of anilines is 1. The molecule has 0 aliphatic carbocycles. The molecule has 1 saturated heterocycles. The van der Waals surface area contributed by atoms with Gasteiger partial charge in [-0.25, -0.2) is 0 Å². The quantitative estimate of drug-likeness (QED) is 0.421. The molecule has 1 N–H and O–H groups in total. The number of carbonyl (C=O) groups is 2. The molecule has 2 amide bonds. The van der Waals surface area contributed by atoms with E-state index in [0.29, 0.717) is 34.3 Å². The Morgan fingerprint density at radius 2 is 1.63 bits per heavy atom. The zero-order chi connectivity index (χ0) is 24.8. The fourth-order valence-corrected chi connectivity index (χ4v) is 4.93. The number of amides is 2. The first-order valence-corrected chi connectivity index (χ1v) is 12.6. The molecule has 35 heavy (non-hydrogen) atoms. The van der Waals surface area contributed by atoms with Gasteiger partial charge in [-0.15, -0.1) is 0 Å². The molecule has 3 aromatic rings. The lowest BCUT2D eigenvalue weighted by molar-refractivity contribution is 0.0753. The predicted octanol–water partition coefficient (Wildman–Crippen LogP) is 6.05. The number of rotatable bonds is 7. The maximum absolute atomic E-state index is 13.5. The van der Waals surface area contributed by atoms with E-state index in [1.165, 1.54) is 0 Å². The molecule has 1 fully saturated rings. The first-order chi connectivity index (χ1) is 17.0. The Kier molecular flexibility index (Phi) is 8.32. The minimum Gasteiger partial charge on any atom is -0.371 e. The van der Waals surface area contributed by atoms with Crippen molar-refractivity contribution in [2.75, 3.05) is 24.5 Å². The zero-order valence-corrected chi connectivity index (χ0v) is 21.2. The van der Waals surface area contributed by atoms with Crippen molar-refractivity contribution in [3.63, 3.8) is 0 Å². The van der Waals surface area contributed by atoms with Gasteiger partial charge in [0.1, 0.15) is 0 Å². The molecule has 0 radical (unpaired) electrons. The molecule has 0 spiro atoms. The van der Waals surface area contributed by atoms with Crippen LogP contribution in [0, 0.1) is 0 Å². The van der Waals surface area contributed by atoms with Crippen LogP contribution >= 0.6 is 23.2 Å². The molecule has 0 bridgehead atoms. The van der Waals surface area contributed by atoms with E-state index in [0.717, 1.165) is 37.2 Å². The number of hydrogen-bond acceptors (Lipinski definition) is 3. The highest BCUT2D eigenvalue weighted by molar-refractivity contribution is 6.36. The molecular formula is C28H29Cl2N3O2. The minimum absolute atomic E-state index is 0.0276. The van der Waals surface area contributed by atoms with Crippen molar-refractivity contribution in [1.82, 2.24) is 10.2 Å². The van der Waals surface area contributed by atoms with Crippen LogP contribution < -0.4 is 10.2 Å². The Morgan fingerprint density at radius 3 is 2.31 bits per heavy atom. The molecule has 1 aliphatic heterocycles. The number of carbonyl (C=O) groups excluding carboxylic acids is 2. The summed E-state index contributed by atoms with van der Waals surface area (Å²) in [4.78, 5) is 30.3. The summed E-state index contributed by atoms with van der Waals surface area (Å²) in [5.41, 5.74) is 3.18. The minimum atomic E-state index is -0.194. The second kappa shape index (κ2) is 11.6. The van der Waals surface area contributed by atoms with Crippen molar-refractivity contribution < 1.29 is 9.59 Å². The third-order valence-electron chi connectivity index (χ3n) is 6.37. The number of halogens is 2. The van der Waals surface area contributed by atoms with Gasteiger partial charge in [0.25, 0.3) is 11.8 Å². The van der Waals surface area contributed by atoms with Gasteiger partial charge in [-0.05, 0) is 55.7 Å². The molecule has 4 rings (SSSR count). The van der Waals surface area contributed by atoms with Gasteiger partial charge in [0, 0.05) is 42.9 Å². The van der Waals surface area contributed by atoms with Gasteiger partial charge in [0.2, 0.25) is 0 Å². The van der Waals surface area contributed by atoms with E-state index >= 15 is 0 Å². The lowest BCUT2D eigenvalue weighted by Gasteiger charge is -2.35. The molecule has 0 saturated carbocycles. The fraction of sp³-hybridized carbons (Fsp3) is 0.286. The monoisotopic (exact) mass is 509 g/mol. The molecule has 0 aromatic heterocycles. The highest BCUT2D eigenvalue weighted by atomic mass is 35.5. The van der Waals surface area contributed by atoms with Gasteiger partial charge in [-0.3, -0.25) is 9.59 Å². The molecule has 0 atom stereocenters. The molecule has 182 valence electrons. The number of hydrogen-bond donors (Lipinski definition) is 1. The van der Waals surface area contributed by atoms with Crippen molar-refractivity contribution >= 4 is 40.7 Å². The summed E-state index contributed by atoms with van der Waals surface area (Å²) in [6.07, 6.45) is 1.56. The summed E-state index contributed by atoms with van der Waals surface area (Å²) >= 11 is 12.1. The predicted molar refractivity (Wildman–Crippen MR) is 142 cm³/mol. The fourth-order valence-electron chi connectivity index (χ4n) is 4.43. The summed E-state index contributed by atoms with van der Waals surface area (Å²) < 4.78 is 0. The summed E-state index contributed by atoms with van der Waals surface area (Å²) in [5, 5.41) is 3.93. The summed E-state index contributed by atoms with van der Waals surface area (Å²) in [7, 11) is 0. The summed E-state index contributed by atoms with van der Waals surface area (Å²) in [5.74, 6) is -0.167. The van der Waals surface area contributed by atoms with Gasteiger partial charge < -0.3 is 15.1 Å². The van der Waals surface area contributed by atoms with E-state index in [-0.39, 0.29) is 17.9 Å². The van der Waals surface area contributed by atoms with E-state index in [1.807, 2.05) is 66.4 Å². The SMILES string of the molecule is CCN(Cc1ccccc1)C(=O)c1ccccc1N1CCC(NC(=O)c2ccc(Cl)cc2Cl)CC1. The lowest BCUT2D eigenvalue weighted by atomic mass is 10.0. The van der Waals surface area contributed by atoms with Gasteiger partial charge in [0.15, 0.2) is 0 Å². The zero-order valence-electron chi connectivity index (χ0n) is 19.7. The molecule has 7 heteroatoms. The number of benzene rings is 3. The van der Waals surface area contributed by atoms with Crippen LogP contribution in [-0.2, 0) is 6.54 Å². The van der Waals surface area contributed by atoms with Crippen molar-refractivity contribution in [2.45, 2.75) is 32.4 Å². The smallest absolute Gasteiger partial charge is 0.256 e. The number of piperidine rings is 1. The second-order valence-corrected chi connectivity index (χ2v) is 9.52. The molecular weight excluding hydrogens is 481 g/mol. The van der Waals surface area contributed by atoms with Crippen LogP contribution in [0.15, 0.2) is 72.8 Å². The molecule has 1 heterocycles. The molecule has 5 nitrogen and oxygen atoms in total. The van der Waals surface area contributed by atoms with Crippen molar-refractivity contribution in [3.05, 3.63) is 99.5 Å². The van der Waals surface area contributed by atoms with E-state index in [2.05, 4.69) is 10.2 Å². The van der Waals surface area contributed by atoms with Crippen LogP contribution in [-0.4, -0.2) is 42.4 Å². The maximum atomic E-state index is 13.5. The third kappa shape index (κ3) is 6.16. The van der Waals surface area contributed by atoms with Crippen molar-refractivity contribution in [3.8, 4) is 0 Å². The highest BCUT2D eigenvalue weighted by Gasteiger charge is 2.26. The van der Waals surface area contributed by atoms with E-state index < -0.39 is 0 Å². The Bertz CT molecular complexity index is 1180. The van der Waals surface area contributed by atoms with Crippen LogP contribution in [0.4, 0.5) is 5.69 Å². The van der Waals surface area contributed by atoms with Crippen molar-refractivity contribution in [1.29, 1.82) is 0 Å². The summed E-state index contributed by atoms with van der Waals surface area (Å²) in [6.45, 7) is 4.70. The average Bonchev–Trinajstić information content (AvgIpc) is 2.88. The van der Waals surface area contributed by atoms with E-state index in [9.17, 15) is 9.59 Å². The van der Waals surface area contributed by atoms with Crippen LogP contribution in [0.25, 0.3) is 0 Å². The Labute approximate surface area is 216 Å². The Balaban J connectivity index is 1.41. The van der Waals surface area contributed by atoms with Gasteiger partial charge in [-0.1, -0.05) is 65.7 Å². The maximum Gasteiger partial charge on any atom is 0.256 e. The van der Waals surface area contributed by atoms with Crippen LogP contribution in [0.3, 0.4) is 0 Å². The largest absolute Gasteiger partial charge is 0.371 e. The average molecular weight is 510 g/mol. The topological polar surface area (TPSA) is 52.7 Å². The lowest BCUT2D eigenvalue weighted by Crippen LogP contribution is -2.45. The first kappa shape index (κ1) is 25.1. The second-order valence-electron chi connectivity index (χ2n) is 8.68.